The first-order valence-electron chi connectivity index (χ1n) is 8.67. The summed E-state index contributed by atoms with van der Waals surface area (Å²) in [6, 6.07) is 4.28. The number of hydrogen-bond donors (Lipinski definition) is 1. The molecule has 1 N–H and O–H groups in total. The normalized spacial score (nSPS) is 26.1. The Labute approximate surface area is 139 Å². The molecule has 1 saturated carbocycles. The van der Waals surface area contributed by atoms with E-state index in [1.54, 1.807) is 11.3 Å². The third-order valence-corrected chi connectivity index (χ3v) is 6.12. The van der Waals surface area contributed by atoms with Gasteiger partial charge in [-0.1, -0.05) is 44.7 Å². The molecule has 3 atom stereocenters. The molecule has 1 fully saturated rings. The molecule has 1 aliphatic carbocycles. The van der Waals surface area contributed by atoms with Gasteiger partial charge in [-0.15, -0.1) is 11.3 Å². The Bertz CT molecular complexity index is 404. The molecule has 0 bridgehead atoms. The smallest absolute Gasteiger partial charge is 0.0931 e. The second-order valence-corrected chi connectivity index (χ2v) is 8.40. The van der Waals surface area contributed by atoms with Crippen molar-refractivity contribution in [1.82, 2.24) is 5.32 Å². The van der Waals surface area contributed by atoms with Gasteiger partial charge in [0, 0.05) is 4.88 Å². The Kier molecular flexibility index (Phi) is 7.56. The molecule has 0 amide bonds. The van der Waals surface area contributed by atoms with Crippen LogP contribution in [0.5, 0.6) is 0 Å². The predicted molar refractivity (Wildman–Crippen MR) is 95.4 cm³/mol. The van der Waals surface area contributed by atoms with Crippen LogP contribution in [0.3, 0.4) is 0 Å². The van der Waals surface area contributed by atoms with Crippen LogP contribution in [0.15, 0.2) is 12.1 Å². The summed E-state index contributed by atoms with van der Waals surface area (Å²) in [5, 5.41) is 3.65. The maximum atomic E-state index is 6.10. The van der Waals surface area contributed by atoms with Crippen LogP contribution in [-0.4, -0.2) is 13.1 Å². The summed E-state index contributed by atoms with van der Waals surface area (Å²) in [5.74, 6) is 2.65. The fraction of sp³-hybridized carbons (Fsp3) is 0.778. The Morgan fingerprint density at radius 1 is 1.19 bits per heavy atom. The van der Waals surface area contributed by atoms with Crippen molar-refractivity contribution in [1.29, 1.82) is 0 Å². The third kappa shape index (κ3) is 5.58. The van der Waals surface area contributed by atoms with E-state index in [-0.39, 0.29) is 0 Å². The monoisotopic (exact) mass is 327 g/mol. The van der Waals surface area contributed by atoms with Gasteiger partial charge in [0.05, 0.1) is 4.34 Å². The van der Waals surface area contributed by atoms with E-state index in [1.165, 1.54) is 56.4 Å². The van der Waals surface area contributed by atoms with Gasteiger partial charge in [0.25, 0.3) is 0 Å². The summed E-state index contributed by atoms with van der Waals surface area (Å²) in [5.41, 5.74) is 0. The van der Waals surface area contributed by atoms with Gasteiger partial charge in [-0.25, -0.2) is 0 Å². The highest BCUT2D eigenvalue weighted by Gasteiger charge is 2.30. The molecule has 3 unspecified atom stereocenters. The number of thiophene rings is 1. The van der Waals surface area contributed by atoms with E-state index in [1.807, 2.05) is 0 Å². The van der Waals surface area contributed by atoms with E-state index in [0.717, 1.165) is 28.6 Å². The minimum absolute atomic E-state index is 0.842. The molecule has 2 rings (SSSR count). The van der Waals surface area contributed by atoms with Crippen molar-refractivity contribution in [2.75, 3.05) is 13.1 Å². The molecule has 3 heteroatoms. The summed E-state index contributed by atoms with van der Waals surface area (Å²) in [6.45, 7) is 6.93. The summed E-state index contributed by atoms with van der Waals surface area (Å²) >= 11 is 7.87. The second-order valence-electron chi connectivity index (χ2n) is 6.60. The van der Waals surface area contributed by atoms with Crippen LogP contribution in [0.25, 0.3) is 0 Å². The summed E-state index contributed by atoms with van der Waals surface area (Å²) in [7, 11) is 0. The lowest BCUT2D eigenvalue weighted by Gasteiger charge is -2.36. The molecule has 21 heavy (non-hydrogen) atoms. The summed E-state index contributed by atoms with van der Waals surface area (Å²) in [6.07, 6.45) is 9.48. The van der Waals surface area contributed by atoms with E-state index in [0.29, 0.717) is 0 Å². The van der Waals surface area contributed by atoms with Gasteiger partial charge in [0.15, 0.2) is 0 Å². The summed E-state index contributed by atoms with van der Waals surface area (Å²) < 4.78 is 0.937. The molecular weight excluding hydrogens is 298 g/mol. The third-order valence-electron chi connectivity index (χ3n) is 4.87. The highest BCUT2D eigenvalue weighted by molar-refractivity contribution is 7.16. The average Bonchev–Trinajstić information content (AvgIpc) is 2.87. The van der Waals surface area contributed by atoms with E-state index >= 15 is 0 Å². The summed E-state index contributed by atoms with van der Waals surface area (Å²) in [4.78, 5) is 1.47. The first-order valence-corrected chi connectivity index (χ1v) is 9.87. The number of rotatable bonds is 8. The van der Waals surface area contributed by atoms with E-state index in [9.17, 15) is 0 Å². The van der Waals surface area contributed by atoms with Crippen LogP contribution in [0.1, 0.15) is 57.2 Å². The van der Waals surface area contributed by atoms with Gasteiger partial charge < -0.3 is 5.32 Å². The highest BCUT2D eigenvalue weighted by atomic mass is 35.5. The molecule has 0 radical (unpaired) electrons. The first-order chi connectivity index (χ1) is 10.2. The molecule has 1 aromatic rings. The van der Waals surface area contributed by atoms with Crippen LogP contribution in [0.2, 0.25) is 4.34 Å². The molecule has 120 valence electrons. The molecule has 0 spiro atoms. The number of hydrogen-bond acceptors (Lipinski definition) is 2. The standard InChI is InChI=1S/C18H30ClNS/c1-3-5-14-6-7-15(13-20-10-4-2)16(11-14)12-17-8-9-18(19)21-17/h8-9,14-16,20H,3-7,10-13H2,1-2H3. The van der Waals surface area contributed by atoms with Crippen LogP contribution in [0, 0.1) is 17.8 Å². The zero-order valence-electron chi connectivity index (χ0n) is 13.5. The quantitative estimate of drug-likeness (QED) is 0.597. The van der Waals surface area contributed by atoms with Gasteiger partial charge in [0.2, 0.25) is 0 Å². The second kappa shape index (κ2) is 9.17. The zero-order chi connectivity index (χ0) is 15.1. The van der Waals surface area contributed by atoms with Gasteiger partial charge >= 0.3 is 0 Å². The van der Waals surface area contributed by atoms with Crippen molar-refractivity contribution in [3.63, 3.8) is 0 Å². The van der Waals surface area contributed by atoms with Crippen molar-refractivity contribution in [3.8, 4) is 0 Å². The van der Waals surface area contributed by atoms with E-state index < -0.39 is 0 Å². The van der Waals surface area contributed by atoms with Crippen molar-refractivity contribution in [2.45, 2.75) is 58.8 Å². The Hall–Kier alpha value is -0.0500. The van der Waals surface area contributed by atoms with Crippen molar-refractivity contribution in [2.24, 2.45) is 17.8 Å². The molecule has 1 nitrogen and oxygen atoms in total. The maximum absolute atomic E-state index is 6.10. The molecule has 1 aliphatic rings. The fourth-order valence-electron chi connectivity index (χ4n) is 3.80. The van der Waals surface area contributed by atoms with Crippen molar-refractivity contribution < 1.29 is 0 Å². The molecule has 0 aromatic carbocycles. The van der Waals surface area contributed by atoms with Crippen LogP contribution < -0.4 is 5.32 Å². The Morgan fingerprint density at radius 2 is 2.05 bits per heavy atom. The van der Waals surface area contributed by atoms with E-state index in [2.05, 4.69) is 31.3 Å². The minimum Gasteiger partial charge on any atom is -0.316 e. The van der Waals surface area contributed by atoms with Gasteiger partial charge in [-0.05, 0) is 68.7 Å². The zero-order valence-corrected chi connectivity index (χ0v) is 15.1. The Morgan fingerprint density at radius 3 is 2.71 bits per heavy atom. The van der Waals surface area contributed by atoms with E-state index in [4.69, 9.17) is 11.6 Å². The van der Waals surface area contributed by atoms with Crippen LogP contribution in [-0.2, 0) is 6.42 Å². The van der Waals surface area contributed by atoms with Gasteiger partial charge in [-0.3, -0.25) is 0 Å². The Balaban J connectivity index is 1.94. The number of nitrogens with one attached hydrogen (secondary N) is 1. The van der Waals surface area contributed by atoms with Crippen LogP contribution in [0.4, 0.5) is 0 Å². The molecule has 1 aromatic heterocycles. The lowest BCUT2D eigenvalue weighted by molar-refractivity contribution is 0.168. The van der Waals surface area contributed by atoms with Crippen molar-refractivity contribution in [3.05, 3.63) is 21.3 Å². The molecule has 0 aliphatic heterocycles. The topological polar surface area (TPSA) is 12.0 Å². The highest BCUT2D eigenvalue weighted by Crippen LogP contribution is 2.39. The minimum atomic E-state index is 0.842. The van der Waals surface area contributed by atoms with Crippen LogP contribution >= 0.6 is 22.9 Å². The first kappa shape index (κ1) is 17.3. The average molecular weight is 328 g/mol. The predicted octanol–water partition coefficient (Wildman–Crippen LogP) is 5.78. The van der Waals surface area contributed by atoms with Gasteiger partial charge in [0.1, 0.15) is 0 Å². The SMILES string of the molecule is CCCNCC1CCC(CCC)CC1Cc1ccc(Cl)s1. The molecule has 0 saturated heterocycles. The van der Waals surface area contributed by atoms with Gasteiger partial charge in [-0.2, -0.15) is 0 Å². The fourth-order valence-corrected chi connectivity index (χ4v) is 4.98. The molecule has 1 heterocycles. The largest absolute Gasteiger partial charge is 0.316 e. The maximum Gasteiger partial charge on any atom is 0.0931 e. The lowest BCUT2D eigenvalue weighted by Crippen LogP contribution is -2.34. The van der Waals surface area contributed by atoms with Crippen molar-refractivity contribution >= 4 is 22.9 Å². The molecular formula is C18H30ClNS. The lowest BCUT2D eigenvalue weighted by atomic mass is 9.71. The number of halogens is 1.